The van der Waals surface area contributed by atoms with Crippen molar-refractivity contribution in [2.45, 2.75) is 20.5 Å². The van der Waals surface area contributed by atoms with Gasteiger partial charge in [0.2, 0.25) is 5.91 Å². The van der Waals surface area contributed by atoms with Crippen molar-refractivity contribution in [1.82, 2.24) is 9.97 Å². The number of fused-ring (bicyclic) bond motifs is 1. The Kier molecular flexibility index (Phi) is 5.54. The molecule has 150 valence electrons. The standard InChI is InChI=1S/C23H19N3O3S/c1-14-20(22(28)29-12-17-13-30-23(25-17)24-15(2)27)18-10-6-7-11-19(18)26-21(14)16-8-4-3-5-9-16/h3-11,13H,12H2,1-2H3,(H,24,25,27). The van der Waals surface area contributed by atoms with Gasteiger partial charge < -0.3 is 10.1 Å². The van der Waals surface area contributed by atoms with Crippen molar-refractivity contribution in [1.29, 1.82) is 0 Å². The molecule has 0 unspecified atom stereocenters. The number of aromatic nitrogens is 2. The highest BCUT2D eigenvalue weighted by Gasteiger charge is 2.20. The number of pyridine rings is 1. The van der Waals surface area contributed by atoms with Crippen molar-refractivity contribution < 1.29 is 14.3 Å². The van der Waals surface area contributed by atoms with Crippen LogP contribution in [0.3, 0.4) is 0 Å². The lowest BCUT2D eigenvalue weighted by Crippen LogP contribution is -2.10. The zero-order valence-corrected chi connectivity index (χ0v) is 17.3. The maximum Gasteiger partial charge on any atom is 0.339 e. The van der Waals surface area contributed by atoms with Crippen LogP contribution in [-0.4, -0.2) is 21.8 Å². The second kappa shape index (κ2) is 8.42. The lowest BCUT2D eigenvalue weighted by Gasteiger charge is -2.14. The number of carbonyl (C=O) groups excluding carboxylic acids is 2. The fraction of sp³-hybridized carbons (Fsp3) is 0.130. The first-order chi connectivity index (χ1) is 14.5. The molecule has 4 rings (SSSR count). The van der Waals surface area contributed by atoms with Gasteiger partial charge in [-0.1, -0.05) is 48.5 Å². The van der Waals surface area contributed by atoms with Crippen LogP contribution in [0, 0.1) is 6.92 Å². The van der Waals surface area contributed by atoms with Crippen LogP contribution >= 0.6 is 11.3 Å². The molecule has 0 bridgehead atoms. The Bertz CT molecular complexity index is 1240. The van der Waals surface area contributed by atoms with E-state index < -0.39 is 5.97 Å². The van der Waals surface area contributed by atoms with Gasteiger partial charge in [-0.2, -0.15) is 0 Å². The van der Waals surface area contributed by atoms with E-state index in [4.69, 9.17) is 9.72 Å². The SMILES string of the molecule is CC(=O)Nc1nc(COC(=O)c2c(C)c(-c3ccccc3)nc3ccccc23)cs1. The number of thiazole rings is 1. The fourth-order valence-corrected chi connectivity index (χ4v) is 3.98. The summed E-state index contributed by atoms with van der Waals surface area (Å²) in [6.45, 7) is 3.32. The van der Waals surface area contributed by atoms with Gasteiger partial charge in [-0.25, -0.2) is 14.8 Å². The number of anilines is 1. The predicted molar refractivity (Wildman–Crippen MR) is 117 cm³/mol. The average Bonchev–Trinajstić information content (AvgIpc) is 3.19. The third-order valence-corrected chi connectivity index (χ3v) is 5.38. The second-order valence-corrected chi connectivity index (χ2v) is 7.60. The van der Waals surface area contributed by atoms with E-state index in [0.717, 1.165) is 27.7 Å². The van der Waals surface area contributed by atoms with Gasteiger partial charge in [0.05, 0.1) is 22.5 Å². The Morgan fingerprint density at radius 2 is 1.77 bits per heavy atom. The van der Waals surface area contributed by atoms with Gasteiger partial charge in [0, 0.05) is 23.3 Å². The maximum absolute atomic E-state index is 13.1. The minimum atomic E-state index is -0.433. The van der Waals surface area contributed by atoms with E-state index in [1.807, 2.05) is 61.5 Å². The van der Waals surface area contributed by atoms with E-state index in [1.165, 1.54) is 18.3 Å². The van der Waals surface area contributed by atoms with Crippen LogP contribution in [-0.2, 0) is 16.1 Å². The maximum atomic E-state index is 13.1. The Balaban J connectivity index is 1.67. The highest BCUT2D eigenvalue weighted by molar-refractivity contribution is 7.13. The lowest BCUT2D eigenvalue weighted by atomic mass is 9.98. The summed E-state index contributed by atoms with van der Waals surface area (Å²) in [5.74, 6) is -0.627. The highest BCUT2D eigenvalue weighted by atomic mass is 32.1. The number of hydrogen-bond acceptors (Lipinski definition) is 6. The van der Waals surface area contributed by atoms with Gasteiger partial charge in [0.15, 0.2) is 5.13 Å². The summed E-state index contributed by atoms with van der Waals surface area (Å²) < 4.78 is 5.58. The van der Waals surface area contributed by atoms with Crippen molar-refractivity contribution in [3.8, 4) is 11.3 Å². The van der Waals surface area contributed by atoms with E-state index in [0.29, 0.717) is 16.4 Å². The normalized spacial score (nSPS) is 10.7. The fourth-order valence-electron chi connectivity index (χ4n) is 3.24. The molecule has 2 heterocycles. The topological polar surface area (TPSA) is 81.2 Å². The first kappa shape index (κ1) is 19.7. The smallest absolute Gasteiger partial charge is 0.339 e. The zero-order valence-electron chi connectivity index (χ0n) is 16.5. The molecule has 7 heteroatoms. The number of nitrogens with one attached hydrogen (secondary N) is 1. The van der Waals surface area contributed by atoms with Gasteiger partial charge in [0.1, 0.15) is 6.61 Å². The van der Waals surface area contributed by atoms with Gasteiger partial charge >= 0.3 is 5.97 Å². The molecule has 0 aliphatic heterocycles. The van der Waals surface area contributed by atoms with Crippen LogP contribution in [0.5, 0.6) is 0 Å². The summed E-state index contributed by atoms with van der Waals surface area (Å²) in [6.07, 6.45) is 0. The number of esters is 1. The summed E-state index contributed by atoms with van der Waals surface area (Å²) in [7, 11) is 0. The molecule has 30 heavy (non-hydrogen) atoms. The molecule has 0 saturated carbocycles. The van der Waals surface area contributed by atoms with Crippen molar-refractivity contribution in [2.75, 3.05) is 5.32 Å². The Labute approximate surface area is 177 Å². The number of benzene rings is 2. The Morgan fingerprint density at radius 3 is 2.53 bits per heavy atom. The zero-order chi connectivity index (χ0) is 21.1. The van der Waals surface area contributed by atoms with E-state index in [-0.39, 0.29) is 12.5 Å². The summed E-state index contributed by atoms with van der Waals surface area (Å²) in [4.78, 5) is 33.3. The molecule has 0 fully saturated rings. The molecular formula is C23H19N3O3S. The molecule has 0 aliphatic rings. The van der Waals surface area contributed by atoms with Crippen molar-refractivity contribution in [3.05, 3.63) is 76.8 Å². The number of ether oxygens (including phenoxy) is 1. The number of hydrogen-bond donors (Lipinski definition) is 1. The first-order valence-corrected chi connectivity index (χ1v) is 10.2. The molecule has 2 aromatic carbocycles. The monoisotopic (exact) mass is 417 g/mol. The number of nitrogens with zero attached hydrogens (tertiary/aromatic N) is 2. The molecule has 0 spiro atoms. The Hall–Kier alpha value is -3.58. The quantitative estimate of drug-likeness (QED) is 0.463. The third kappa shape index (κ3) is 4.06. The molecular weight excluding hydrogens is 398 g/mol. The molecule has 6 nitrogen and oxygen atoms in total. The van der Waals surface area contributed by atoms with Gasteiger partial charge in [-0.15, -0.1) is 11.3 Å². The minimum absolute atomic E-state index is 0.0195. The molecule has 2 aromatic heterocycles. The van der Waals surface area contributed by atoms with Crippen LogP contribution < -0.4 is 5.32 Å². The number of carbonyl (C=O) groups is 2. The van der Waals surface area contributed by atoms with Crippen molar-refractivity contribution >= 4 is 39.2 Å². The van der Waals surface area contributed by atoms with Crippen LogP contribution in [0.2, 0.25) is 0 Å². The van der Waals surface area contributed by atoms with Crippen LogP contribution in [0.25, 0.3) is 22.2 Å². The summed E-state index contributed by atoms with van der Waals surface area (Å²) in [5.41, 5.74) is 4.27. The number of para-hydroxylation sites is 1. The minimum Gasteiger partial charge on any atom is -0.456 e. The first-order valence-electron chi connectivity index (χ1n) is 9.37. The number of rotatable bonds is 5. The summed E-state index contributed by atoms with van der Waals surface area (Å²) in [6, 6.07) is 17.3. The molecule has 0 saturated heterocycles. The molecule has 0 atom stereocenters. The summed E-state index contributed by atoms with van der Waals surface area (Å²) >= 11 is 1.29. The van der Waals surface area contributed by atoms with E-state index >= 15 is 0 Å². The van der Waals surface area contributed by atoms with E-state index in [9.17, 15) is 9.59 Å². The predicted octanol–water partition coefficient (Wildman–Crippen LogP) is 4.98. The molecule has 1 N–H and O–H groups in total. The largest absolute Gasteiger partial charge is 0.456 e. The van der Waals surface area contributed by atoms with Crippen molar-refractivity contribution in [2.24, 2.45) is 0 Å². The molecule has 4 aromatic rings. The van der Waals surface area contributed by atoms with Crippen molar-refractivity contribution in [3.63, 3.8) is 0 Å². The van der Waals surface area contributed by atoms with E-state index in [1.54, 1.807) is 5.38 Å². The second-order valence-electron chi connectivity index (χ2n) is 6.74. The Morgan fingerprint density at radius 1 is 1.03 bits per heavy atom. The average molecular weight is 417 g/mol. The van der Waals surface area contributed by atoms with E-state index in [2.05, 4.69) is 10.3 Å². The molecule has 1 amide bonds. The van der Waals surface area contributed by atoms with Gasteiger partial charge in [0.25, 0.3) is 0 Å². The lowest BCUT2D eigenvalue weighted by molar-refractivity contribution is -0.114. The number of amides is 1. The highest BCUT2D eigenvalue weighted by Crippen LogP contribution is 2.30. The van der Waals surface area contributed by atoms with Crippen LogP contribution in [0.1, 0.15) is 28.5 Å². The van der Waals surface area contributed by atoms with Crippen LogP contribution in [0.15, 0.2) is 60.0 Å². The third-order valence-electron chi connectivity index (χ3n) is 4.57. The van der Waals surface area contributed by atoms with Gasteiger partial charge in [-0.3, -0.25) is 4.79 Å². The molecule has 0 radical (unpaired) electrons. The van der Waals surface area contributed by atoms with Gasteiger partial charge in [-0.05, 0) is 18.6 Å². The van der Waals surface area contributed by atoms with Crippen LogP contribution in [0.4, 0.5) is 5.13 Å². The summed E-state index contributed by atoms with van der Waals surface area (Å²) in [5, 5.41) is 5.60. The molecule has 0 aliphatic carbocycles.